The molecule has 2 atom stereocenters. The van der Waals surface area contributed by atoms with Crippen LogP contribution in [0.25, 0.3) is 0 Å². The number of aromatic hydroxyl groups is 1. The van der Waals surface area contributed by atoms with Crippen LogP contribution in [0.5, 0.6) is 5.75 Å². The van der Waals surface area contributed by atoms with Crippen LogP contribution in [0.15, 0.2) is 52.2 Å². The molecule has 2 N–H and O–H groups in total. The maximum absolute atomic E-state index is 13.0. The highest BCUT2D eigenvalue weighted by atomic mass is 16.5. The Morgan fingerprint density at radius 2 is 2.03 bits per heavy atom. The van der Waals surface area contributed by atoms with Crippen LogP contribution in [-0.4, -0.2) is 35.5 Å². The molecule has 3 heterocycles. The lowest BCUT2D eigenvalue weighted by atomic mass is 9.79. The number of aryl methyl sites for hydroxylation is 1. The number of nitrogens with one attached hydrogen (secondary N) is 1. The Balaban J connectivity index is 1.89. The summed E-state index contributed by atoms with van der Waals surface area (Å²) in [5.74, 6) is -2.21. The number of anilines is 1. The molecule has 36 heavy (non-hydrogen) atoms. The van der Waals surface area contributed by atoms with Gasteiger partial charge in [0, 0.05) is 36.7 Å². The maximum atomic E-state index is 13.0. The minimum absolute atomic E-state index is 0.250. The molecule has 3 aromatic heterocycles. The topological polar surface area (TPSA) is 152 Å². The zero-order valence-corrected chi connectivity index (χ0v) is 20.3. The molecule has 4 rings (SSSR count). The highest BCUT2D eigenvalue weighted by Gasteiger charge is 2.32. The number of rotatable bonds is 7. The van der Waals surface area contributed by atoms with Gasteiger partial charge in [-0.2, -0.15) is 10.4 Å². The summed E-state index contributed by atoms with van der Waals surface area (Å²) in [5.41, 5.74) is 2.06. The number of benzene rings is 1. The molecular formula is C25H25N7O4. The van der Waals surface area contributed by atoms with E-state index in [9.17, 15) is 20.0 Å². The standard InChI is InChI=1S/C25H25N7O4/c1-5-32-15(3)19(12-27-32)20(18-9-7-6-8-16(18)10-26)14(2)23-30-21(22(33)25(35)31(23)4)24(34)29-17-11-28-36-13-17/h6-9,11-14,20,33H,5H2,1-4H3,(H,29,34). The second kappa shape index (κ2) is 9.87. The van der Waals surface area contributed by atoms with E-state index in [0.717, 1.165) is 16.8 Å². The number of carbonyl (C=O) groups excluding carboxylic acids is 1. The smallest absolute Gasteiger partial charge is 0.296 e. The van der Waals surface area contributed by atoms with E-state index in [2.05, 4.69) is 26.6 Å². The first-order chi connectivity index (χ1) is 17.3. The molecule has 11 nitrogen and oxygen atoms in total. The quantitative estimate of drug-likeness (QED) is 0.403. The van der Waals surface area contributed by atoms with E-state index in [1.165, 1.54) is 24.1 Å². The van der Waals surface area contributed by atoms with Crippen molar-refractivity contribution in [2.75, 3.05) is 5.32 Å². The van der Waals surface area contributed by atoms with Crippen LogP contribution in [0.2, 0.25) is 0 Å². The molecule has 184 valence electrons. The van der Waals surface area contributed by atoms with Gasteiger partial charge in [-0.1, -0.05) is 30.3 Å². The van der Waals surface area contributed by atoms with Crippen molar-refractivity contribution >= 4 is 11.6 Å². The predicted molar refractivity (Wildman–Crippen MR) is 130 cm³/mol. The molecule has 0 bridgehead atoms. The van der Waals surface area contributed by atoms with E-state index in [0.29, 0.717) is 12.1 Å². The van der Waals surface area contributed by atoms with Gasteiger partial charge >= 0.3 is 0 Å². The van der Waals surface area contributed by atoms with Crippen molar-refractivity contribution in [2.45, 2.75) is 39.2 Å². The summed E-state index contributed by atoms with van der Waals surface area (Å²) < 4.78 is 7.78. The number of amides is 1. The molecule has 0 saturated heterocycles. The Hall–Kier alpha value is -4.72. The van der Waals surface area contributed by atoms with Crippen LogP contribution in [0.4, 0.5) is 5.69 Å². The average molecular weight is 488 g/mol. The third-order valence-electron chi connectivity index (χ3n) is 6.31. The van der Waals surface area contributed by atoms with Gasteiger partial charge in [0.2, 0.25) is 5.75 Å². The van der Waals surface area contributed by atoms with Gasteiger partial charge in [0.1, 0.15) is 17.8 Å². The molecular weight excluding hydrogens is 462 g/mol. The normalized spacial score (nSPS) is 12.6. The second-order valence-electron chi connectivity index (χ2n) is 8.37. The minimum Gasteiger partial charge on any atom is -0.501 e. The van der Waals surface area contributed by atoms with Gasteiger partial charge in [0.05, 0.1) is 24.0 Å². The van der Waals surface area contributed by atoms with Crippen molar-refractivity contribution in [2.24, 2.45) is 7.05 Å². The fraction of sp³-hybridized carbons (Fsp3) is 0.280. The van der Waals surface area contributed by atoms with E-state index in [4.69, 9.17) is 4.52 Å². The van der Waals surface area contributed by atoms with E-state index in [-0.39, 0.29) is 11.5 Å². The SMILES string of the molecule is CCn1ncc(C(c2ccccc2C#N)C(C)c2nc(C(=O)Nc3cnoc3)c(O)c(=O)n2C)c1C. The first-order valence-electron chi connectivity index (χ1n) is 11.3. The van der Waals surface area contributed by atoms with Gasteiger partial charge in [0.25, 0.3) is 11.5 Å². The Labute approximate surface area is 206 Å². The number of hydrogen-bond acceptors (Lipinski definition) is 8. The van der Waals surface area contributed by atoms with Crippen molar-refractivity contribution in [3.63, 3.8) is 0 Å². The summed E-state index contributed by atoms with van der Waals surface area (Å²) in [6.45, 7) is 6.46. The lowest BCUT2D eigenvalue weighted by molar-refractivity contribution is 0.101. The van der Waals surface area contributed by atoms with Crippen LogP contribution >= 0.6 is 0 Å². The van der Waals surface area contributed by atoms with Gasteiger partial charge in [-0.25, -0.2) is 4.98 Å². The predicted octanol–water partition coefficient (Wildman–Crippen LogP) is 3.06. The first-order valence-corrected chi connectivity index (χ1v) is 11.3. The zero-order chi connectivity index (χ0) is 26.0. The number of nitriles is 1. The average Bonchev–Trinajstić information content (AvgIpc) is 3.52. The number of aromatic nitrogens is 5. The van der Waals surface area contributed by atoms with Crippen LogP contribution in [0, 0.1) is 18.3 Å². The number of nitrogens with zero attached hydrogens (tertiary/aromatic N) is 6. The van der Waals surface area contributed by atoms with Gasteiger partial charge in [0.15, 0.2) is 5.69 Å². The lowest BCUT2D eigenvalue weighted by Crippen LogP contribution is -2.29. The minimum atomic E-state index is -0.786. The third kappa shape index (κ3) is 4.24. The summed E-state index contributed by atoms with van der Waals surface area (Å²) in [6.07, 6.45) is 4.25. The van der Waals surface area contributed by atoms with Crippen molar-refractivity contribution < 1.29 is 14.4 Å². The Morgan fingerprint density at radius 3 is 2.67 bits per heavy atom. The molecule has 0 saturated carbocycles. The van der Waals surface area contributed by atoms with Gasteiger partial charge < -0.3 is 14.9 Å². The van der Waals surface area contributed by atoms with E-state index in [1.807, 2.05) is 37.6 Å². The highest BCUT2D eigenvalue weighted by molar-refractivity contribution is 6.04. The molecule has 11 heteroatoms. The maximum Gasteiger partial charge on any atom is 0.296 e. The molecule has 0 spiro atoms. The molecule has 1 aromatic carbocycles. The third-order valence-corrected chi connectivity index (χ3v) is 6.31. The van der Waals surface area contributed by atoms with Gasteiger partial charge in [-0.15, -0.1) is 0 Å². The van der Waals surface area contributed by atoms with Crippen LogP contribution < -0.4 is 10.9 Å². The summed E-state index contributed by atoms with van der Waals surface area (Å²) in [6, 6.07) is 9.47. The Kier molecular flexibility index (Phi) is 6.69. The van der Waals surface area contributed by atoms with Crippen LogP contribution in [-0.2, 0) is 13.6 Å². The fourth-order valence-corrected chi connectivity index (χ4v) is 4.44. The molecule has 2 unspecified atom stereocenters. The molecule has 1 amide bonds. The van der Waals surface area contributed by atoms with Crippen molar-refractivity contribution in [3.05, 3.63) is 87.2 Å². The highest BCUT2D eigenvalue weighted by Crippen LogP contribution is 2.40. The fourth-order valence-electron chi connectivity index (χ4n) is 4.44. The zero-order valence-electron chi connectivity index (χ0n) is 20.3. The monoisotopic (exact) mass is 487 g/mol. The molecule has 4 aromatic rings. The van der Waals surface area contributed by atoms with Gasteiger partial charge in [-0.3, -0.25) is 18.8 Å². The summed E-state index contributed by atoms with van der Waals surface area (Å²) in [5, 5.41) is 30.8. The van der Waals surface area contributed by atoms with Crippen molar-refractivity contribution in [1.29, 1.82) is 5.26 Å². The molecule has 0 fully saturated rings. The summed E-state index contributed by atoms with van der Waals surface area (Å²) in [7, 11) is 1.48. The van der Waals surface area contributed by atoms with E-state index < -0.39 is 34.7 Å². The van der Waals surface area contributed by atoms with Crippen molar-refractivity contribution in [3.8, 4) is 11.8 Å². The largest absolute Gasteiger partial charge is 0.501 e. The van der Waals surface area contributed by atoms with Crippen molar-refractivity contribution in [1.82, 2.24) is 24.5 Å². The van der Waals surface area contributed by atoms with E-state index in [1.54, 1.807) is 18.3 Å². The van der Waals surface area contributed by atoms with Gasteiger partial charge in [-0.05, 0) is 25.5 Å². The summed E-state index contributed by atoms with van der Waals surface area (Å²) in [4.78, 5) is 30.3. The summed E-state index contributed by atoms with van der Waals surface area (Å²) >= 11 is 0. The number of carbonyl (C=O) groups is 1. The molecule has 0 aliphatic rings. The molecule has 0 aliphatic carbocycles. The van der Waals surface area contributed by atoms with E-state index >= 15 is 0 Å². The van der Waals surface area contributed by atoms with Crippen LogP contribution in [0.3, 0.4) is 0 Å². The molecule has 0 radical (unpaired) electrons. The molecule has 0 aliphatic heterocycles. The Morgan fingerprint density at radius 1 is 1.28 bits per heavy atom. The Bertz CT molecular complexity index is 1510. The lowest BCUT2D eigenvalue weighted by Gasteiger charge is -2.27. The second-order valence-corrected chi connectivity index (χ2v) is 8.37. The van der Waals surface area contributed by atoms with Crippen LogP contribution in [0.1, 0.15) is 64.4 Å². The first kappa shape index (κ1) is 24.4. The number of hydrogen-bond donors (Lipinski definition) is 2.